The number of nitrogens with zero attached hydrogens (tertiary/aromatic N) is 1. The van der Waals surface area contributed by atoms with Crippen LogP contribution in [0.2, 0.25) is 0 Å². The zero-order chi connectivity index (χ0) is 10.1. The van der Waals surface area contributed by atoms with Crippen LogP contribution in [0.3, 0.4) is 0 Å². The van der Waals surface area contributed by atoms with Gasteiger partial charge in [0.2, 0.25) is 0 Å². The van der Waals surface area contributed by atoms with Crippen LogP contribution < -0.4 is 5.73 Å². The predicted molar refractivity (Wildman–Crippen MR) is 60.4 cm³/mol. The molecule has 2 rings (SSSR count). The lowest BCUT2D eigenvalue weighted by Crippen LogP contribution is -2.33. The Bertz CT molecular complexity index is 331. The van der Waals surface area contributed by atoms with E-state index in [1.807, 2.05) is 6.07 Å². The number of hydrogen-bond donors (Lipinski definition) is 1. The third-order valence-corrected chi connectivity index (χ3v) is 3.16. The second-order valence-electron chi connectivity index (χ2n) is 4.39. The molecule has 1 aromatic rings. The van der Waals surface area contributed by atoms with Crippen molar-refractivity contribution in [3.05, 3.63) is 29.3 Å². The summed E-state index contributed by atoms with van der Waals surface area (Å²) in [4.78, 5) is 2.32. The summed E-state index contributed by atoms with van der Waals surface area (Å²) in [6.07, 6.45) is 3.59. The average molecular weight is 190 g/mol. The molecule has 76 valence electrons. The molecule has 2 nitrogen and oxygen atoms in total. The minimum Gasteiger partial charge on any atom is -0.399 e. The normalized spacial score (nSPS) is 20.9. The standard InChI is InChI=1S/C12H18N2/c1-14(2)12-6-4-9-7-11(13)5-3-10(9)8-12/h3,5,7,12H,4,6,8,13H2,1-2H3/t12-/m1/s1. The molecule has 0 heterocycles. The van der Waals surface area contributed by atoms with Crippen molar-refractivity contribution in [1.29, 1.82) is 0 Å². The van der Waals surface area contributed by atoms with Crippen molar-refractivity contribution in [2.24, 2.45) is 0 Å². The van der Waals surface area contributed by atoms with E-state index < -0.39 is 0 Å². The zero-order valence-electron chi connectivity index (χ0n) is 8.96. The van der Waals surface area contributed by atoms with Crippen LogP contribution in [0, 0.1) is 0 Å². The minimum absolute atomic E-state index is 0.700. The van der Waals surface area contributed by atoms with E-state index >= 15 is 0 Å². The van der Waals surface area contributed by atoms with Crippen molar-refractivity contribution in [2.75, 3.05) is 19.8 Å². The minimum atomic E-state index is 0.700. The number of rotatable bonds is 1. The van der Waals surface area contributed by atoms with Gasteiger partial charge in [-0.1, -0.05) is 6.07 Å². The summed E-state index contributed by atoms with van der Waals surface area (Å²) in [6, 6.07) is 7.02. The van der Waals surface area contributed by atoms with Crippen LogP contribution in [-0.4, -0.2) is 25.0 Å². The van der Waals surface area contributed by atoms with Crippen molar-refractivity contribution in [2.45, 2.75) is 25.3 Å². The highest BCUT2D eigenvalue weighted by Crippen LogP contribution is 2.25. The summed E-state index contributed by atoms with van der Waals surface area (Å²) in [5, 5.41) is 0. The van der Waals surface area contributed by atoms with Crippen LogP contribution in [0.15, 0.2) is 18.2 Å². The molecule has 2 heteroatoms. The summed E-state index contributed by atoms with van der Waals surface area (Å²) in [6.45, 7) is 0. The lowest BCUT2D eigenvalue weighted by Gasteiger charge is -2.29. The van der Waals surface area contributed by atoms with Crippen molar-refractivity contribution >= 4 is 5.69 Å². The van der Waals surface area contributed by atoms with Crippen LogP contribution in [0.25, 0.3) is 0 Å². The molecule has 1 aliphatic rings. The molecule has 0 bridgehead atoms. The number of anilines is 1. The number of nitrogens with two attached hydrogens (primary N) is 1. The van der Waals surface area contributed by atoms with Gasteiger partial charge >= 0.3 is 0 Å². The van der Waals surface area contributed by atoms with Gasteiger partial charge < -0.3 is 10.6 Å². The van der Waals surface area contributed by atoms with Crippen molar-refractivity contribution in [1.82, 2.24) is 4.90 Å². The van der Waals surface area contributed by atoms with Crippen LogP contribution in [0.5, 0.6) is 0 Å². The second kappa shape index (κ2) is 3.62. The fourth-order valence-electron chi connectivity index (χ4n) is 2.20. The molecule has 0 unspecified atom stereocenters. The molecule has 14 heavy (non-hydrogen) atoms. The fraction of sp³-hybridized carbons (Fsp3) is 0.500. The molecule has 2 N–H and O–H groups in total. The van der Waals surface area contributed by atoms with Crippen molar-refractivity contribution < 1.29 is 0 Å². The van der Waals surface area contributed by atoms with Crippen LogP contribution >= 0.6 is 0 Å². The Balaban J connectivity index is 2.23. The number of fused-ring (bicyclic) bond motifs is 1. The zero-order valence-corrected chi connectivity index (χ0v) is 8.96. The predicted octanol–water partition coefficient (Wildman–Crippen LogP) is 1.69. The first-order valence-corrected chi connectivity index (χ1v) is 5.20. The summed E-state index contributed by atoms with van der Waals surface area (Å²) in [5.74, 6) is 0. The summed E-state index contributed by atoms with van der Waals surface area (Å²) in [7, 11) is 4.32. The Labute approximate surface area is 85.7 Å². The lowest BCUT2D eigenvalue weighted by molar-refractivity contribution is 0.268. The van der Waals surface area contributed by atoms with E-state index in [9.17, 15) is 0 Å². The van der Waals surface area contributed by atoms with E-state index in [2.05, 4.69) is 31.1 Å². The highest BCUT2D eigenvalue weighted by atomic mass is 15.1. The van der Waals surface area contributed by atoms with E-state index in [4.69, 9.17) is 5.73 Å². The average Bonchev–Trinajstić information content (AvgIpc) is 2.16. The maximum atomic E-state index is 5.77. The molecule has 0 spiro atoms. The topological polar surface area (TPSA) is 29.3 Å². The Morgan fingerprint density at radius 3 is 2.79 bits per heavy atom. The number of benzene rings is 1. The Morgan fingerprint density at radius 2 is 2.07 bits per heavy atom. The Hall–Kier alpha value is -1.02. The van der Waals surface area contributed by atoms with Gasteiger partial charge in [-0.15, -0.1) is 0 Å². The van der Waals surface area contributed by atoms with E-state index in [0.717, 1.165) is 5.69 Å². The van der Waals surface area contributed by atoms with Gasteiger partial charge in [-0.25, -0.2) is 0 Å². The van der Waals surface area contributed by atoms with E-state index in [-0.39, 0.29) is 0 Å². The largest absolute Gasteiger partial charge is 0.399 e. The SMILES string of the molecule is CN(C)[C@@H]1CCc2cc(N)ccc2C1. The summed E-state index contributed by atoms with van der Waals surface area (Å²) >= 11 is 0. The first-order chi connectivity index (χ1) is 6.66. The van der Waals surface area contributed by atoms with Crippen LogP contribution in [0.4, 0.5) is 5.69 Å². The van der Waals surface area contributed by atoms with E-state index in [1.54, 1.807) is 0 Å². The maximum absolute atomic E-state index is 5.77. The molecular formula is C12H18N2. The highest BCUT2D eigenvalue weighted by molar-refractivity contribution is 5.45. The van der Waals surface area contributed by atoms with Crippen molar-refractivity contribution in [3.63, 3.8) is 0 Å². The van der Waals surface area contributed by atoms with Gasteiger partial charge in [-0.05, 0) is 56.6 Å². The van der Waals surface area contributed by atoms with E-state index in [0.29, 0.717) is 6.04 Å². The molecule has 0 radical (unpaired) electrons. The smallest absolute Gasteiger partial charge is 0.0316 e. The van der Waals surface area contributed by atoms with Gasteiger partial charge in [0.15, 0.2) is 0 Å². The summed E-state index contributed by atoms with van der Waals surface area (Å²) < 4.78 is 0. The monoisotopic (exact) mass is 190 g/mol. The van der Waals surface area contributed by atoms with Gasteiger partial charge in [0.25, 0.3) is 0 Å². The first kappa shape index (κ1) is 9.53. The lowest BCUT2D eigenvalue weighted by atomic mass is 9.87. The molecule has 0 fully saturated rings. The third-order valence-electron chi connectivity index (χ3n) is 3.16. The molecule has 0 saturated carbocycles. The number of hydrogen-bond acceptors (Lipinski definition) is 2. The first-order valence-electron chi connectivity index (χ1n) is 5.20. The molecule has 1 aliphatic carbocycles. The molecule has 0 aromatic heterocycles. The quantitative estimate of drug-likeness (QED) is 0.683. The second-order valence-corrected chi connectivity index (χ2v) is 4.39. The summed E-state index contributed by atoms with van der Waals surface area (Å²) in [5.41, 5.74) is 9.58. The van der Waals surface area contributed by atoms with Crippen LogP contribution in [-0.2, 0) is 12.8 Å². The maximum Gasteiger partial charge on any atom is 0.0316 e. The number of aryl methyl sites for hydroxylation is 1. The molecule has 1 atom stereocenters. The van der Waals surface area contributed by atoms with Gasteiger partial charge in [0.05, 0.1) is 0 Å². The highest BCUT2D eigenvalue weighted by Gasteiger charge is 2.19. The molecule has 1 aromatic carbocycles. The van der Waals surface area contributed by atoms with Gasteiger partial charge in [0, 0.05) is 11.7 Å². The Morgan fingerprint density at radius 1 is 1.29 bits per heavy atom. The Kier molecular flexibility index (Phi) is 2.46. The number of nitrogen functional groups attached to an aromatic ring is 1. The van der Waals surface area contributed by atoms with Crippen molar-refractivity contribution in [3.8, 4) is 0 Å². The third kappa shape index (κ3) is 1.75. The van der Waals surface area contributed by atoms with Gasteiger partial charge in [-0.2, -0.15) is 0 Å². The fourth-order valence-corrected chi connectivity index (χ4v) is 2.20. The number of likely N-dealkylation sites (N-methyl/N-ethyl adjacent to an activating group) is 1. The van der Waals surface area contributed by atoms with E-state index in [1.165, 1.54) is 30.4 Å². The molecular weight excluding hydrogens is 172 g/mol. The van der Waals surface area contributed by atoms with Gasteiger partial charge in [-0.3, -0.25) is 0 Å². The molecule has 0 saturated heterocycles. The van der Waals surface area contributed by atoms with Gasteiger partial charge in [0.1, 0.15) is 0 Å². The molecule has 0 aliphatic heterocycles. The van der Waals surface area contributed by atoms with Crippen LogP contribution in [0.1, 0.15) is 17.5 Å². The molecule has 0 amide bonds.